The lowest BCUT2D eigenvalue weighted by Gasteiger charge is -2.28. The molecule has 2 aromatic heterocycles. The topological polar surface area (TPSA) is 46.8 Å². The van der Waals surface area contributed by atoms with E-state index in [1.54, 1.807) is 4.68 Å². The summed E-state index contributed by atoms with van der Waals surface area (Å²) < 4.78 is 1.74. The second-order valence-corrected chi connectivity index (χ2v) is 6.31. The van der Waals surface area contributed by atoms with Gasteiger partial charge in [0.1, 0.15) is 11.0 Å². The molecule has 0 saturated heterocycles. The van der Waals surface area contributed by atoms with Gasteiger partial charge in [-0.15, -0.1) is 0 Å². The summed E-state index contributed by atoms with van der Waals surface area (Å²) in [5.41, 5.74) is 4.58. The van der Waals surface area contributed by atoms with Gasteiger partial charge < -0.3 is 0 Å². The van der Waals surface area contributed by atoms with E-state index in [2.05, 4.69) is 21.9 Å². The molecule has 1 aliphatic rings. The standard InChI is InChI=1S/C16H22ClN5/c1-4-5-15-18-8-12-9-22(7-6-14(12)19-15)10-13-11(2)20-21(3)16(13)17/h8H,4-7,9-10H2,1-3H3. The molecule has 2 aromatic rings. The summed E-state index contributed by atoms with van der Waals surface area (Å²) >= 11 is 6.34. The van der Waals surface area contributed by atoms with E-state index in [0.29, 0.717) is 0 Å². The lowest BCUT2D eigenvalue weighted by Crippen LogP contribution is -2.31. The number of fused-ring (bicyclic) bond motifs is 1. The molecule has 0 fully saturated rings. The maximum Gasteiger partial charge on any atom is 0.131 e. The van der Waals surface area contributed by atoms with Crippen molar-refractivity contribution in [1.82, 2.24) is 24.6 Å². The van der Waals surface area contributed by atoms with Crippen LogP contribution in [0.15, 0.2) is 6.20 Å². The normalized spacial score (nSPS) is 15.1. The molecule has 0 radical (unpaired) electrons. The second kappa shape index (κ2) is 6.34. The molecule has 3 rings (SSSR count). The van der Waals surface area contributed by atoms with Crippen LogP contribution in [0, 0.1) is 6.92 Å². The summed E-state index contributed by atoms with van der Waals surface area (Å²) in [5, 5.41) is 5.12. The molecule has 6 heteroatoms. The minimum Gasteiger partial charge on any atom is -0.294 e. The van der Waals surface area contributed by atoms with Crippen LogP contribution in [0.1, 0.15) is 41.7 Å². The maximum absolute atomic E-state index is 6.34. The summed E-state index contributed by atoms with van der Waals surface area (Å²) in [6.45, 7) is 6.88. The van der Waals surface area contributed by atoms with Crippen molar-refractivity contribution < 1.29 is 0 Å². The average Bonchev–Trinajstić information content (AvgIpc) is 2.74. The fraction of sp³-hybridized carbons (Fsp3) is 0.562. The molecule has 0 unspecified atom stereocenters. The molecule has 0 amide bonds. The Bertz CT molecular complexity index is 679. The third kappa shape index (κ3) is 3.01. The van der Waals surface area contributed by atoms with Crippen molar-refractivity contribution in [3.63, 3.8) is 0 Å². The first kappa shape index (κ1) is 15.4. The highest BCUT2D eigenvalue weighted by Crippen LogP contribution is 2.24. The largest absolute Gasteiger partial charge is 0.294 e. The highest BCUT2D eigenvalue weighted by molar-refractivity contribution is 6.30. The SMILES string of the molecule is CCCc1ncc2c(n1)CCN(Cc1c(C)nn(C)c1Cl)C2. The first-order valence-electron chi connectivity index (χ1n) is 7.82. The monoisotopic (exact) mass is 319 g/mol. The molecular formula is C16H22ClN5. The number of nitrogens with zero attached hydrogens (tertiary/aromatic N) is 5. The molecular weight excluding hydrogens is 298 g/mol. The van der Waals surface area contributed by atoms with Crippen LogP contribution in [-0.4, -0.2) is 31.2 Å². The van der Waals surface area contributed by atoms with Crippen LogP contribution in [0.5, 0.6) is 0 Å². The molecule has 118 valence electrons. The summed E-state index contributed by atoms with van der Waals surface area (Å²) in [7, 11) is 1.88. The second-order valence-electron chi connectivity index (χ2n) is 5.95. The predicted molar refractivity (Wildman–Crippen MR) is 86.8 cm³/mol. The zero-order valence-electron chi connectivity index (χ0n) is 13.4. The fourth-order valence-corrected chi connectivity index (χ4v) is 3.21. The van der Waals surface area contributed by atoms with Crippen molar-refractivity contribution >= 4 is 11.6 Å². The van der Waals surface area contributed by atoms with Gasteiger partial charge in [-0.05, 0) is 13.3 Å². The fourth-order valence-electron chi connectivity index (χ4n) is 2.97. The van der Waals surface area contributed by atoms with Crippen molar-refractivity contribution in [3.05, 3.63) is 39.7 Å². The van der Waals surface area contributed by atoms with Gasteiger partial charge in [-0.1, -0.05) is 18.5 Å². The summed E-state index contributed by atoms with van der Waals surface area (Å²) in [6, 6.07) is 0. The van der Waals surface area contributed by atoms with Crippen molar-refractivity contribution in [2.45, 2.75) is 46.2 Å². The lowest BCUT2D eigenvalue weighted by atomic mass is 10.1. The van der Waals surface area contributed by atoms with E-state index in [-0.39, 0.29) is 0 Å². The van der Waals surface area contributed by atoms with E-state index in [9.17, 15) is 0 Å². The van der Waals surface area contributed by atoms with Crippen LogP contribution in [0.3, 0.4) is 0 Å². The number of rotatable bonds is 4. The van der Waals surface area contributed by atoms with Crippen molar-refractivity contribution in [3.8, 4) is 0 Å². The Morgan fingerprint density at radius 2 is 2.18 bits per heavy atom. The van der Waals surface area contributed by atoms with Gasteiger partial charge in [0.25, 0.3) is 0 Å². The Hall–Kier alpha value is -1.46. The number of aryl methyl sites for hydroxylation is 3. The summed E-state index contributed by atoms with van der Waals surface area (Å²) in [4.78, 5) is 11.6. The Morgan fingerprint density at radius 3 is 2.86 bits per heavy atom. The predicted octanol–water partition coefficient (Wildman–Crippen LogP) is 2.68. The molecule has 0 N–H and O–H groups in total. The molecule has 0 bridgehead atoms. The number of hydrogen-bond donors (Lipinski definition) is 0. The van der Waals surface area contributed by atoms with Gasteiger partial charge in [-0.2, -0.15) is 5.10 Å². The minimum atomic E-state index is 0.734. The first-order chi connectivity index (χ1) is 10.6. The van der Waals surface area contributed by atoms with Gasteiger partial charge in [0, 0.05) is 62.5 Å². The van der Waals surface area contributed by atoms with Gasteiger partial charge in [-0.25, -0.2) is 9.97 Å². The highest BCUT2D eigenvalue weighted by Gasteiger charge is 2.21. The smallest absolute Gasteiger partial charge is 0.131 e. The Balaban J connectivity index is 1.74. The van der Waals surface area contributed by atoms with E-state index < -0.39 is 0 Å². The van der Waals surface area contributed by atoms with Gasteiger partial charge in [0.05, 0.1) is 5.69 Å². The summed E-state index contributed by atoms with van der Waals surface area (Å²) in [6.07, 6.45) is 5.02. The molecule has 3 heterocycles. The number of halogens is 1. The Labute approximate surface area is 136 Å². The van der Waals surface area contributed by atoms with E-state index in [1.165, 1.54) is 11.3 Å². The minimum absolute atomic E-state index is 0.734. The lowest BCUT2D eigenvalue weighted by molar-refractivity contribution is 0.242. The van der Waals surface area contributed by atoms with Crippen molar-refractivity contribution in [2.75, 3.05) is 6.54 Å². The molecule has 5 nitrogen and oxygen atoms in total. The molecule has 0 atom stereocenters. The average molecular weight is 320 g/mol. The third-order valence-electron chi connectivity index (χ3n) is 4.19. The molecule has 0 spiro atoms. The highest BCUT2D eigenvalue weighted by atomic mass is 35.5. The van der Waals surface area contributed by atoms with Crippen LogP contribution in [0.25, 0.3) is 0 Å². The van der Waals surface area contributed by atoms with Crippen LogP contribution in [-0.2, 0) is 33.0 Å². The summed E-state index contributed by atoms with van der Waals surface area (Å²) in [5.74, 6) is 0.973. The maximum atomic E-state index is 6.34. The van der Waals surface area contributed by atoms with Crippen molar-refractivity contribution in [2.24, 2.45) is 7.05 Å². The van der Waals surface area contributed by atoms with Crippen LogP contribution in [0.2, 0.25) is 5.15 Å². The van der Waals surface area contributed by atoms with E-state index in [4.69, 9.17) is 16.6 Å². The van der Waals surface area contributed by atoms with Gasteiger partial charge in [0.15, 0.2) is 0 Å². The Morgan fingerprint density at radius 1 is 1.36 bits per heavy atom. The molecule has 0 aliphatic carbocycles. The van der Waals surface area contributed by atoms with Gasteiger partial charge >= 0.3 is 0 Å². The van der Waals surface area contributed by atoms with Gasteiger partial charge in [-0.3, -0.25) is 9.58 Å². The first-order valence-corrected chi connectivity index (χ1v) is 8.20. The zero-order valence-corrected chi connectivity index (χ0v) is 14.2. The van der Waals surface area contributed by atoms with E-state index in [1.807, 2.05) is 20.2 Å². The van der Waals surface area contributed by atoms with Gasteiger partial charge in [0.2, 0.25) is 0 Å². The van der Waals surface area contributed by atoms with Crippen LogP contribution < -0.4 is 0 Å². The number of aromatic nitrogens is 4. The zero-order chi connectivity index (χ0) is 15.7. The quantitative estimate of drug-likeness (QED) is 0.869. The van der Waals surface area contributed by atoms with Crippen molar-refractivity contribution in [1.29, 1.82) is 0 Å². The van der Waals surface area contributed by atoms with Crippen LogP contribution >= 0.6 is 11.6 Å². The number of hydrogen-bond acceptors (Lipinski definition) is 4. The van der Waals surface area contributed by atoms with E-state index >= 15 is 0 Å². The third-order valence-corrected chi connectivity index (χ3v) is 4.66. The molecule has 1 aliphatic heterocycles. The molecule has 22 heavy (non-hydrogen) atoms. The van der Waals surface area contributed by atoms with E-state index in [0.717, 1.165) is 61.1 Å². The Kier molecular flexibility index (Phi) is 4.45. The van der Waals surface area contributed by atoms with Crippen LogP contribution in [0.4, 0.5) is 0 Å². The molecule has 0 saturated carbocycles. The molecule has 0 aromatic carbocycles.